The second kappa shape index (κ2) is 7.26. The van der Waals surface area contributed by atoms with Gasteiger partial charge in [-0.3, -0.25) is 0 Å². The highest BCUT2D eigenvalue weighted by molar-refractivity contribution is 7.89. The zero-order chi connectivity index (χ0) is 18.8. The molecule has 140 valence electrons. The molecule has 3 rings (SSSR count). The Morgan fingerprint density at radius 3 is 2.31 bits per heavy atom. The van der Waals surface area contributed by atoms with Gasteiger partial charge in [0.15, 0.2) is 0 Å². The van der Waals surface area contributed by atoms with E-state index < -0.39 is 28.2 Å². The molecule has 1 saturated heterocycles. The van der Waals surface area contributed by atoms with Gasteiger partial charge in [0.25, 0.3) is 0 Å². The van der Waals surface area contributed by atoms with Crippen LogP contribution in [0.4, 0.5) is 13.2 Å². The number of ether oxygens (including phenoxy) is 2. The first-order valence-electron chi connectivity index (χ1n) is 7.78. The molecule has 0 amide bonds. The van der Waals surface area contributed by atoms with E-state index in [0.29, 0.717) is 0 Å². The second-order valence-electron chi connectivity index (χ2n) is 5.65. The molecular weight excluding hydrogens is 371 g/mol. The Morgan fingerprint density at radius 1 is 1.04 bits per heavy atom. The number of halogens is 3. The average Bonchev–Trinajstić information content (AvgIpc) is 2.62. The number of benzene rings is 2. The molecule has 0 bridgehead atoms. The lowest BCUT2D eigenvalue weighted by molar-refractivity contribution is -0.274. The van der Waals surface area contributed by atoms with Gasteiger partial charge in [0.05, 0.1) is 17.6 Å². The van der Waals surface area contributed by atoms with Crippen LogP contribution in [0.2, 0.25) is 0 Å². The first-order chi connectivity index (χ1) is 12.3. The Bertz CT molecular complexity index is 839. The van der Waals surface area contributed by atoms with Gasteiger partial charge in [-0.2, -0.15) is 4.31 Å². The highest BCUT2D eigenvalue weighted by atomic mass is 32.2. The molecule has 1 fully saturated rings. The van der Waals surface area contributed by atoms with Gasteiger partial charge in [0.1, 0.15) is 5.75 Å². The molecule has 1 heterocycles. The van der Waals surface area contributed by atoms with Gasteiger partial charge in [0.2, 0.25) is 10.0 Å². The molecule has 1 aliphatic rings. The van der Waals surface area contributed by atoms with Crippen molar-refractivity contribution < 1.29 is 31.1 Å². The number of nitrogens with zero attached hydrogens (tertiary/aromatic N) is 1. The third kappa shape index (κ3) is 4.35. The van der Waals surface area contributed by atoms with Crippen molar-refractivity contribution >= 4 is 10.0 Å². The summed E-state index contributed by atoms with van der Waals surface area (Å²) >= 11 is 0. The van der Waals surface area contributed by atoms with E-state index in [0.717, 1.165) is 29.8 Å². The number of morpholine rings is 1. The summed E-state index contributed by atoms with van der Waals surface area (Å²) in [5.41, 5.74) is 0.862. The minimum atomic E-state index is -4.83. The molecule has 26 heavy (non-hydrogen) atoms. The maximum Gasteiger partial charge on any atom is 0.573 e. The first-order valence-corrected chi connectivity index (χ1v) is 9.22. The Labute approximate surface area is 149 Å². The quantitative estimate of drug-likeness (QED) is 0.808. The van der Waals surface area contributed by atoms with E-state index in [4.69, 9.17) is 4.74 Å². The molecule has 1 aliphatic heterocycles. The van der Waals surface area contributed by atoms with E-state index in [1.807, 2.05) is 30.3 Å². The molecule has 0 radical (unpaired) electrons. The minimum Gasteiger partial charge on any atom is -0.406 e. The maximum absolute atomic E-state index is 12.8. The average molecular weight is 387 g/mol. The van der Waals surface area contributed by atoms with Gasteiger partial charge < -0.3 is 9.47 Å². The van der Waals surface area contributed by atoms with Crippen molar-refractivity contribution in [3.63, 3.8) is 0 Å². The van der Waals surface area contributed by atoms with Gasteiger partial charge in [-0.25, -0.2) is 8.42 Å². The summed E-state index contributed by atoms with van der Waals surface area (Å²) in [6.07, 6.45) is -5.22. The summed E-state index contributed by atoms with van der Waals surface area (Å²) < 4.78 is 72.8. The van der Waals surface area contributed by atoms with Gasteiger partial charge in [0, 0.05) is 13.1 Å². The number of hydrogen-bond donors (Lipinski definition) is 0. The summed E-state index contributed by atoms with van der Waals surface area (Å²) in [7, 11) is -3.85. The predicted molar refractivity (Wildman–Crippen MR) is 87.0 cm³/mol. The van der Waals surface area contributed by atoms with Crippen LogP contribution in [0.15, 0.2) is 59.5 Å². The summed E-state index contributed by atoms with van der Waals surface area (Å²) in [4.78, 5) is -0.0965. The topological polar surface area (TPSA) is 55.8 Å². The molecule has 0 spiro atoms. The fraction of sp³-hybridized carbons (Fsp3) is 0.294. The molecule has 0 N–H and O–H groups in total. The van der Waals surface area contributed by atoms with Crippen LogP contribution in [0.5, 0.6) is 5.75 Å². The monoisotopic (exact) mass is 387 g/mol. The summed E-state index contributed by atoms with van der Waals surface area (Å²) in [5, 5.41) is 0. The van der Waals surface area contributed by atoms with Crippen molar-refractivity contribution in [1.82, 2.24) is 4.31 Å². The molecule has 0 aliphatic carbocycles. The molecular formula is C17H16F3NO4S. The van der Waals surface area contributed by atoms with Gasteiger partial charge >= 0.3 is 6.36 Å². The zero-order valence-corrected chi connectivity index (χ0v) is 14.3. The van der Waals surface area contributed by atoms with Crippen molar-refractivity contribution in [2.45, 2.75) is 17.4 Å². The second-order valence-corrected chi connectivity index (χ2v) is 7.59. The maximum atomic E-state index is 12.8. The van der Waals surface area contributed by atoms with Gasteiger partial charge in [-0.1, -0.05) is 30.3 Å². The van der Waals surface area contributed by atoms with E-state index in [-0.39, 0.29) is 24.6 Å². The Hall–Kier alpha value is -2.10. The normalized spacial score (nSPS) is 19.3. The largest absolute Gasteiger partial charge is 0.573 e. The summed E-state index contributed by atoms with van der Waals surface area (Å²) in [5.74, 6) is -0.472. The standard InChI is InChI=1S/C17H16F3NO4S/c18-17(19,20)25-14-6-8-15(9-7-14)26(22,23)21-10-11-24-16(12-21)13-4-2-1-3-5-13/h1-9,16H,10-12H2. The van der Waals surface area contributed by atoms with Crippen molar-refractivity contribution in [2.75, 3.05) is 19.7 Å². The van der Waals surface area contributed by atoms with Crippen LogP contribution in [0.25, 0.3) is 0 Å². The fourth-order valence-corrected chi connectivity index (χ4v) is 4.10. The number of hydrogen-bond acceptors (Lipinski definition) is 4. The van der Waals surface area contributed by atoms with Crippen molar-refractivity contribution in [2.24, 2.45) is 0 Å². The third-order valence-electron chi connectivity index (χ3n) is 3.90. The van der Waals surface area contributed by atoms with Crippen LogP contribution < -0.4 is 4.74 Å². The van der Waals surface area contributed by atoms with Crippen LogP contribution in [-0.2, 0) is 14.8 Å². The van der Waals surface area contributed by atoms with Crippen LogP contribution in [0, 0.1) is 0 Å². The molecule has 5 nitrogen and oxygen atoms in total. The lowest BCUT2D eigenvalue weighted by Crippen LogP contribution is -2.42. The van der Waals surface area contributed by atoms with E-state index >= 15 is 0 Å². The van der Waals surface area contributed by atoms with Gasteiger partial charge in [-0.15, -0.1) is 13.2 Å². The molecule has 2 aromatic carbocycles. The highest BCUT2D eigenvalue weighted by Crippen LogP contribution is 2.28. The van der Waals surface area contributed by atoms with Crippen LogP contribution in [-0.4, -0.2) is 38.8 Å². The molecule has 1 unspecified atom stereocenters. The van der Waals surface area contributed by atoms with E-state index in [2.05, 4.69) is 4.74 Å². The minimum absolute atomic E-state index is 0.0965. The summed E-state index contributed by atoms with van der Waals surface area (Å²) in [6, 6.07) is 13.4. The predicted octanol–water partition coefficient (Wildman–Crippen LogP) is 3.35. The van der Waals surface area contributed by atoms with Crippen molar-refractivity contribution in [1.29, 1.82) is 0 Å². The van der Waals surface area contributed by atoms with Crippen molar-refractivity contribution in [3.8, 4) is 5.75 Å². The van der Waals surface area contributed by atoms with Crippen LogP contribution in [0.3, 0.4) is 0 Å². The SMILES string of the molecule is O=S(=O)(c1ccc(OC(F)(F)F)cc1)N1CCOC(c2ccccc2)C1. The van der Waals surface area contributed by atoms with Crippen LogP contribution >= 0.6 is 0 Å². The number of sulfonamides is 1. The number of rotatable bonds is 4. The number of alkyl halides is 3. The van der Waals surface area contributed by atoms with Gasteiger partial charge in [-0.05, 0) is 29.8 Å². The third-order valence-corrected chi connectivity index (χ3v) is 5.77. The van der Waals surface area contributed by atoms with E-state index in [1.54, 1.807) is 0 Å². The Morgan fingerprint density at radius 2 is 1.69 bits per heavy atom. The molecule has 1 atom stereocenters. The first kappa shape index (κ1) is 18.7. The molecule has 0 aromatic heterocycles. The van der Waals surface area contributed by atoms with E-state index in [1.165, 1.54) is 4.31 Å². The Balaban J connectivity index is 1.77. The smallest absolute Gasteiger partial charge is 0.406 e. The lowest BCUT2D eigenvalue weighted by Gasteiger charge is -2.32. The molecule has 2 aromatic rings. The van der Waals surface area contributed by atoms with Crippen molar-refractivity contribution in [3.05, 3.63) is 60.2 Å². The lowest BCUT2D eigenvalue weighted by atomic mass is 10.1. The molecule has 0 saturated carbocycles. The van der Waals surface area contributed by atoms with E-state index in [9.17, 15) is 21.6 Å². The zero-order valence-electron chi connectivity index (χ0n) is 13.5. The van der Waals surface area contributed by atoms with Crippen LogP contribution in [0.1, 0.15) is 11.7 Å². The fourth-order valence-electron chi connectivity index (χ4n) is 2.68. The Kier molecular flexibility index (Phi) is 5.22. The summed E-state index contributed by atoms with van der Waals surface area (Å²) in [6.45, 7) is 0.535. The highest BCUT2D eigenvalue weighted by Gasteiger charge is 2.33. The molecule has 9 heteroatoms.